The van der Waals surface area contributed by atoms with Gasteiger partial charge in [-0.15, -0.1) is 10.2 Å². The predicted octanol–water partition coefficient (Wildman–Crippen LogP) is 4.28. The summed E-state index contributed by atoms with van der Waals surface area (Å²) >= 11 is 1.46. The van der Waals surface area contributed by atoms with Crippen molar-refractivity contribution in [3.63, 3.8) is 0 Å². The standard InChI is InChI=1S/C19H22N4O2S2/c1-4-14(2)15-5-11-18(12-6-15)27(24,25)22-16-7-9-17(10-8-16)26-19-21-20-13-23(19)3/h5-14,22H,4H2,1-3H3. The van der Waals surface area contributed by atoms with Crippen molar-refractivity contribution < 1.29 is 8.42 Å². The van der Waals surface area contributed by atoms with Gasteiger partial charge in [0.15, 0.2) is 5.16 Å². The number of hydrogen-bond donors (Lipinski definition) is 1. The molecular formula is C19H22N4O2S2. The van der Waals surface area contributed by atoms with Gasteiger partial charge >= 0.3 is 0 Å². The third-order valence-electron chi connectivity index (χ3n) is 4.36. The van der Waals surface area contributed by atoms with Crippen LogP contribution in [0.4, 0.5) is 5.69 Å². The van der Waals surface area contributed by atoms with Gasteiger partial charge in [0, 0.05) is 17.6 Å². The number of sulfonamides is 1. The fraction of sp³-hybridized carbons (Fsp3) is 0.263. The first-order valence-corrected chi connectivity index (χ1v) is 10.9. The minimum atomic E-state index is -3.62. The van der Waals surface area contributed by atoms with E-state index in [2.05, 4.69) is 28.8 Å². The van der Waals surface area contributed by atoms with Gasteiger partial charge in [-0.1, -0.05) is 26.0 Å². The highest BCUT2D eigenvalue weighted by molar-refractivity contribution is 7.99. The number of nitrogens with one attached hydrogen (secondary N) is 1. The molecule has 0 fully saturated rings. The molecule has 1 atom stereocenters. The molecule has 1 N–H and O–H groups in total. The minimum absolute atomic E-state index is 0.257. The van der Waals surface area contributed by atoms with Crippen molar-refractivity contribution in [1.82, 2.24) is 14.8 Å². The molecule has 0 aliphatic rings. The van der Waals surface area contributed by atoms with E-state index in [0.29, 0.717) is 11.6 Å². The maximum Gasteiger partial charge on any atom is 0.261 e. The van der Waals surface area contributed by atoms with Crippen molar-refractivity contribution in [3.05, 3.63) is 60.4 Å². The lowest BCUT2D eigenvalue weighted by Gasteiger charge is -2.11. The minimum Gasteiger partial charge on any atom is -0.311 e. The molecule has 1 aromatic heterocycles. The van der Waals surface area contributed by atoms with Crippen molar-refractivity contribution >= 4 is 27.5 Å². The Morgan fingerprint density at radius 2 is 1.78 bits per heavy atom. The highest BCUT2D eigenvalue weighted by atomic mass is 32.2. The molecule has 1 heterocycles. The van der Waals surface area contributed by atoms with Crippen LogP contribution >= 0.6 is 11.8 Å². The number of nitrogens with zero attached hydrogens (tertiary/aromatic N) is 3. The second-order valence-electron chi connectivity index (χ2n) is 6.33. The highest BCUT2D eigenvalue weighted by Gasteiger charge is 2.15. The van der Waals surface area contributed by atoms with E-state index in [1.165, 1.54) is 11.8 Å². The van der Waals surface area contributed by atoms with Crippen LogP contribution in [-0.2, 0) is 17.1 Å². The Bertz CT molecular complexity index is 997. The van der Waals surface area contributed by atoms with Gasteiger partial charge < -0.3 is 4.57 Å². The van der Waals surface area contributed by atoms with Crippen LogP contribution in [0.1, 0.15) is 31.7 Å². The average molecular weight is 403 g/mol. The Morgan fingerprint density at radius 1 is 1.11 bits per heavy atom. The Balaban J connectivity index is 1.71. The monoisotopic (exact) mass is 402 g/mol. The topological polar surface area (TPSA) is 76.9 Å². The summed E-state index contributed by atoms with van der Waals surface area (Å²) in [7, 11) is -1.74. The Kier molecular flexibility index (Phi) is 5.86. The zero-order valence-corrected chi connectivity index (χ0v) is 17.1. The van der Waals surface area contributed by atoms with Gasteiger partial charge in [0.1, 0.15) is 6.33 Å². The van der Waals surface area contributed by atoms with Crippen LogP contribution in [-0.4, -0.2) is 23.2 Å². The number of aryl methyl sites for hydroxylation is 1. The second-order valence-corrected chi connectivity index (χ2v) is 9.06. The molecule has 0 saturated carbocycles. The zero-order chi connectivity index (χ0) is 19.4. The van der Waals surface area contributed by atoms with Crippen molar-refractivity contribution in [2.75, 3.05) is 4.72 Å². The quantitative estimate of drug-likeness (QED) is 0.638. The smallest absolute Gasteiger partial charge is 0.261 e. The number of aromatic nitrogens is 3. The van der Waals surface area contributed by atoms with Crippen LogP contribution < -0.4 is 4.72 Å². The molecule has 0 amide bonds. The molecule has 2 aromatic carbocycles. The lowest BCUT2D eigenvalue weighted by molar-refractivity contribution is 0.601. The van der Waals surface area contributed by atoms with Crippen LogP contribution in [0.2, 0.25) is 0 Å². The van der Waals surface area contributed by atoms with E-state index in [9.17, 15) is 8.42 Å². The summed E-state index contributed by atoms with van der Waals surface area (Å²) in [5.41, 5.74) is 1.66. The van der Waals surface area contributed by atoms with Crippen LogP contribution in [0.25, 0.3) is 0 Å². The summed E-state index contributed by atoms with van der Waals surface area (Å²) in [4.78, 5) is 1.21. The van der Waals surface area contributed by atoms with E-state index < -0.39 is 10.0 Å². The van der Waals surface area contributed by atoms with Crippen LogP contribution in [0.5, 0.6) is 0 Å². The third-order valence-corrected chi connectivity index (χ3v) is 6.81. The largest absolute Gasteiger partial charge is 0.311 e. The molecule has 27 heavy (non-hydrogen) atoms. The van der Waals surface area contributed by atoms with Gasteiger partial charge in [0.2, 0.25) is 0 Å². The molecule has 1 unspecified atom stereocenters. The second kappa shape index (κ2) is 8.14. The molecule has 0 aliphatic carbocycles. The van der Waals surface area contributed by atoms with Gasteiger partial charge in [-0.05, 0) is 66.1 Å². The first-order valence-electron chi connectivity index (χ1n) is 8.63. The molecule has 3 aromatic rings. The van der Waals surface area contributed by atoms with E-state index >= 15 is 0 Å². The van der Waals surface area contributed by atoms with Gasteiger partial charge in [0.05, 0.1) is 4.90 Å². The molecule has 8 heteroatoms. The number of hydrogen-bond acceptors (Lipinski definition) is 5. The lowest BCUT2D eigenvalue weighted by atomic mass is 9.99. The first kappa shape index (κ1) is 19.4. The van der Waals surface area contributed by atoms with Crippen molar-refractivity contribution in [3.8, 4) is 0 Å². The van der Waals surface area contributed by atoms with E-state index in [4.69, 9.17) is 0 Å². The molecule has 142 valence electrons. The van der Waals surface area contributed by atoms with Crippen molar-refractivity contribution in [2.45, 2.75) is 41.1 Å². The molecule has 0 radical (unpaired) electrons. The molecule has 0 bridgehead atoms. The number of benzene rings is 2. The Hall–Kier alpha value is -2.32. The third kappa shape index (κ3) is 4.70. The van der Waals surface area contributed by atoms with Gasteiger partial charge in [-0.25, -0.2) is 8.42 Å². The summed E-state index contributed by atoms with van der Waals surface area (Å²) in [6.07, 6.45) is 2.65. The highest BCUT2D eigenvalue weighted by Crippen LogP contribution is 2.27. The predicted molar refractivity (Wildman–Crippen MR) is 108 cm³/mol. The molecule has 0 spiro atoms. The van der Waals surface area contributed by atoms with E-state index in [1.807, 2.05) is 35.9 Å². The van der Waals surface area contributed by atoms with Crippen molar-refractivity contribution in [2.24, 2.45) is 7.05 Å². The average Bonchev–Trinajstić information content (AvgIpc) is 3.07. The van der Waals surface area contributed by atoms with Crippen LogP contribution in [0, 0.1) is 0 Å². The molecule has 6 nitrogen and oxygen atoms in total. The summed E-state index contributed by atoms with van der Waals surface area (Å²) in [5.74, 6) is 0.411. The summed E-state index contributed by atoms with van der Waals surface area (Å²) in [5, 5.41) is 8.63. The molecule has 0 aliphatic heterocycles. The maximum atomic E-state index is 12.6. The van der Waals surface area contributed by atoms with Gasteiger partial charge in [-0.3, -0.25) is 4.72 Å². The van der Waals surface area contributed by atoms with Gasteiger partial charge in [0.25, 0.3) is 10.0 Å². The maximum absolute atomic E-state index is 12.6. The van der Waals surface area contributed by atoms with Crippen LogP contribution in [0.3, 0.4) is 0 Å². The molecule has 3 rings (SSSR count). The number of rotatable bonds is 7. The fourth-order valence-electron chi connectivity index (χ4n) is 2.49. The first-order chi connectivity index (χ1) is 12.9. The summed E-state index contributed by atoms with van der Waals surface area (Å²) in [6, 6.07) is 14.2. The van der Waals surface area contributed by atoms with E-state index in [0.717, 1.165) is 22.0 Å². The van der Waals surface area contributed by atoms with Crippen LogP contribution in [0.15, 0.2) is 69.8 Å². The van der Waals surface area contributed by atoms with Crippen molar-refractivity contribution in [1.29, 1.82) is 0 Å². The summed E-state index contributed by atoms with van der Waals surface area (Å²) in [6.45, 7) is 4.24. The zero-order valence-electron chi connectivity index (χ0n) is 15.5. The van der Waals surface area contributed by atoms with E-state index in [-0.39, 0.29) is 4.90 Å². The lowest BCUT2D eigenvalue weighted by Crippen LogP contribution is -2.13. The number of anilines is 1. The van der Waals surface area contributed by atoms with E-state index in [1.54, 1.807) is 30.6 Å². The Morgan fingerprint density at radius 3 is 2.33 bits per heavy atom. The Labute approximate surface area is 164 Å². The molecular weight excluding hydrogens is 380 g/mol. The summed E-state index contributed by atoms with van der Waals surface area (Å²) < 4.78 is 29.6. The van der Waals surface area contributed by atoms with Gasteiger partial charge in [-0.2, -0.15) is 0 Å². The molecule has 0 saturated heterocycles. The normalized spacial score (nSPS) is 12.7. The SMILES string of the molecule is CCC(C)c1ccc(S(=O)(=O)Nc2ccc(Sc3nncn3C)cc2)cc1. The fourth-order valence-corrected chi connectivity index (χ4v) is 4.31.